The summed E-state index contributed by atoms with van der Waals surface area (Å²) >= 11 is 0. The van der Waals surface area contributed by atoms with E-state index in [4.69, 9.17) is 9.84 Å². The highest BCUT2D eigenvalue weighted by molar-refractivity contribution is 6.06. The topological polar surface area (TPSA) is 152 Å². The van der Waals surface area contributed by atoms with Crippen molar-refractivity contribution in [3.05, 3.63) is 40.2 Å². The fraction of sp³-hybridized carbons (Fsp3) is 0.444. The number of fused-ring (bicyclic) bond motifs is 1. The quantitative estimate of drug-likeness (QED) is 0.253. The van der Waals surface area contributed by atoms with Crippen LogP contribution >= 0.6 is 0 Å². The molecule has 0 aliphatic rings. The standard InChI is InChI=1S/C18H24N2O7/c1-9(23)13-6-17(25)20-14-5-11(3-4-12(13)14)19-15(7-21)18(26)27-16(8-22)10(2)24/h3-6,10,15-16,18-19,21-22,24,26H,7-8H2,1-2H3,(H,20,25)/t10-,15-,16?,18?/m0/s1. The smallest absolute Gasteiger partial charge is 0.249 e. The number of anilines is 1. The highest BCUT2D eigenvalue weighted by Gasteiger charge is 2.25. The first-order chi connectivity index (χ1) is 12.8. The summed E-state index contributed by atoms with van der Waals surface area (Å²) in [5, 5.41) is 41.7. The van der Waals surface area contributed by atoms with Gasteiger partial charge in [0.15, 0.2) is 12.1 Å². The van der Waals surface area contributed by atoms with Crippen molar-refractivity contribution in [3.8, 4) is 0 Å². The third-order valence-electron chi connectivity index (χ3n) is 4.15. The fourth-order valence-corrected chi connectivity index (χ4v) is 2.65. The average Bonchev–Trinajstić information content (AvgIpc) is 2.62. The number of nitrogens with one attached hydrogen (secondary N) is 2. The van der Waals surface area contributed by atoms with E-state index < -0.39 is 43.3 Å². The summed E-state index contributed by atoms with van der Waals surface area (Å²) in [7, 11) is 0. The summed E-state index contributed by atoms with van der Waals surface area (Å²) in [6.45, 7) is 1.77. The molecular formula is C18H24N2O7. The van der Waals surface area contributed by atoms with Crippen LogP contribution in [0.1, 0.15) is 24.2 Å². The van der Waals surface area contributed by atoms with Gasteiger partial charge in [-0.05, 0) is 26.0 Å². The molecule has 4 atom stereocenters. The molecule has 0 aliphatic carbocycles. The van der Waals surface area contributed by atoms with Crippen molar-refractivity contribution in [3.63, 3.8) is 0 Å². The highest BCUT2D eigenvalue weighted by atomic mass is 16.6. The normalized spacial score (nSPS) is 15.9. The van der Waals surface area contributed by atoms with E-state index in [0.717, 1.165) is 0 Å². The molecule has 1 aromatic heterocycles. The van der Waals surface area contributed by atoms with Crippen LogP contribution in [0, 0.1) is 0 Å². The van der Waals surface area contributed by atoms with Crippen LogP contribution < -0.4 is 10.9 Å². The van der Waals surface area contributed by atoms with E-state index in [1.54, 1.807) is 18.2 Å². The summed E-state index contributed by atoms with van der Waals surface area (Å²) < 4.78 is 5.17. The SMILES string of the molecule is CC(=O)c1cc(=O)[nH]c2cc(N[C@@H](CO)C(O)OC(CO)[C@H](C)O)ccc12. The van der Waals surface area contributed by atoms with Crippen molar-refractivity contribution in [2.45, 2.75) is 38.4 Å². The number of aromatic nitrogens is 1. The van der Waals surface area contributed by atoms with E-state index in [1.807, 2.05) is 0 Å². The molecule has 0 aliphatic heterocycles. The number of H-pyrrole nitrogens is 1. The van der Waals surface area contributed by atoms with E-state index >= 15 is 0 Å². The first kappa shape index (κ1) is 21.0. The van der Waals surface area contributed by atoms with Gasteiger partial charge in [-0.3, -0.25) is 9.59 Å². The Balaban J connectivity index is 2.25. The molecule has 0 saturated heterocycles. The molecule has 0 saturated carbocycles. The van der Waals surface area contributed by atoms with E-state index in [9.17, 15) is 24.9 Å². The second-order valence-corrected chi connectivity index (χ2v) is 6.29. The number of hydrogen-bond acceptors (Lipinski definition) is 8. The van der Waals surface area contributed by atoms with E-state index in [-0.39, 0.29) is 5.78 Å². The Hall–Kier alpha value is -2.30. The zero-order valence-electron chi connectivity index (χ0n) is 15.0. The minimum atomic E-state index is -1.51. The molecule has 0 bridgehead atoms. The van der Waals surface area contributed by atoms with Crippen LogP contribution in [0.3, 0.4) is 0 Å². The lowest BCUT2D eigenvalue weighted by molar-refractivity contribution is -0.182. The number of ketones is 1. The molecule has 0 spiro atoms. The summed E-state index contributed by atoms with van der Waals surface area (Å²) in [5.74, 6) is -0.239. The Bertz CT molecular complexity index is 849. The number of ether oxygens (including phenoxy) is 1. The molecule has 2 unspecified atom stereocenters. The van der Waals surface area contributed by atoms with Crippen molar-refractivity contribution >= 4 is 22.4 Å². The Morgan fingerprint density at radius 3 is 2.48 bits per heavy atom. The van der Waals surface area contributed by atoms with Crippen LogP contribution in [0.5, 0.6) is 0 Å². The lowest BCUT2D eigenvalue weighted by Gasteiger charge is -2.28. The van der Waals surface area contributed by atoms with Gasteiger partial charge in [-0.1, -0.05) is 6.07 Å². The second-order valence-electron chi connectivity index (χ2n) is 6.29. The van der Waals surface area contributed by atoms with Crippen molar-refractivity contribution in [2.75, 3.05) is 18.5 Å². The zero-order valence-corrected chi connectivity index (χ0v) is 15.0. The second kappa shape index (κ2) is 9.07. The average molecular weight is 380 g/mol. The molecule has 2 aromatic rings. The summed E-state index contributed by atoms with van der Waals surface area (Å²) in [4.78, 5) is 26.1. The van der Waals surface area contributed by atoms with Crippen LogP contribution in [-0.4, -0.2) is 68.9 Å². The maximum atomic E-state index is 11.7. The lowest BCUT2D eigenvalue weighted by Crippen LogP contribution is -2.44. The first-order valence-electron chi connectivity index (χ1n) is 8.44. The van der Waals surface area contributed by atoms with Crippen LogP contribution in [-0.2, 0) is 4.74 Å². The monoisotopic (exact) mass is 380 g/mol. The van der Waals surface area contributed by atoms with Crippen molar-refractivity contribution < 1.29 is 30.0 Å². The number of aromatic amines is 1. The number of carbonyl (C=O) groups is 1. The van der Waals surface area contributed by atoms with Gasteiger partial charge in [0.1, 0.15) is 12.1 Å². The van der Waals surface area contributed by atoms with Crippen molar-refractivity contribution in [2.24, 2.45) is 0 Å². The number of aliphatic hydroxyl groups excluding tert-OH is 4. The highest BCUT2D eigenvalue weighted by Crippen LogP contribution is 2.21. The number of pyridine rings is 1. The predicted octanol–water partition coefficient (Wildman–Crippen LogP) is -0.420. The number of hydrogen-bond donors (Lipinski definition) is 6. The fourth-order valence-electron chi connectivity index (χ4n) is 2.65. The Morgan fingerprint density at radius 2 is 1.93 bits per heavy atom. The largest absolute Gasteiger partial charge is 0.394 e. The Kier molecular flexibility index (Phi) is 7.05. The molecule has 2 rings (SSSR count). The summed E-state index contributed by atoms with van der Waals surface area (Å²) in [5.41, 5.74) is 0.750. The van der Waals surface area contributed by atoms with Crippen molar-refractivity contribution in [1.82, 2.24) is 4.98 Å². The maximum absolute atomic E-state index is 11.7. The molecule has 6 N–H and O–H groups in total. The molecule has 148 valence electrons. The van der Waals surface area contributed by atoms with Gasteiger partial charge in [0.25, 0.3) is 0 Å². The van der Waals surface area contributed by atoms with Gasteiger partial charge < -0.3 is 35.5 Å². The number of aliphatic hydroxyl groups is 4. The molecule has 27 heavy (non-hydrogen) atoms. The Morgan fingerprint density at radius 1 is 1.22 bits per heavy atom. The predicted molar refractivity (Wildman–Crippen MR) is 98.7 cm³/mol. The molecule has 1 aromatic carbocycles. The van der Waals surface area contributed by atoms with Gasteiger partial charge in [0.2, 0.25) is 5.56 Å². The Labute approximate surface area is 155 Å². The van der Waals surface area contributed by atoms with Crippen LogP contribution in [0.4, 0.5) is 5.69 Å². The van der Waals surface area contributed by atoms with Gasteiger partial charge in [-0.25, -0.2) is 0 Å². The van der Waals surface area contributed by atoms with E-state index in [2.05, 4.69) is 10.3 Å². The summed E-state index contributed by atoms with van der Waals surface area (Å²) in [6, 6.07) is 5.10. The minimum Gasteiger partial charge on any atom is -0.394 e. The molecular weight excluding hydrogens is 356 g/mol. The number of rotatable bonds is 9. The number of carbonyl (C=O) groups excluding carboxylic acids is 1. The lowest BCUT2D eigenvalue weighted by atomic mass is 10.1. The van der Waals surface area contributed by atoms with Gasteiger partial charge in [-0.15, -0.1) is 0 Å². The number of benzene rings is 1. The molecule has 9 nitrogen and oxygen atoms in total. The molecule has 0 amide bonds. The molecule has 0 fully saturated rings. The first-order valence-corrected chi connectivity index (χ1v) is 8.44. The van der Waals surface area contributed by atoms with Crippen LogP contribution in [0.15, 0.2) is 29.1 Å². The van der Waals surface area contributed by atoms with E-state index in [0.29, 0.717) is 22.2 Å². The van der Waals surface area contributed by atoms with Gasteiger partial charge in [0.05, 0.1) is 24.8 Å². The van der Waals surface area contributed by atoms with E-state index in [1.165, 1.54) is 19.9 Å². The molecule has 1 heterocycles. The van der Waals surface area contributed by atoms with Gasteiger partial charge in [-0.2, -0.15) is 0 Å². The molecule has 0 radical (unpaired) electrons. The minimum absolute atomic E-state index is 0.239. The summed E-state index contributed by atoms with van der Waals surface area (Å²) in [6.07, 6.45) is -3.54. The third kappa shape index (κ3) is 5.12. The zero-order chi connectivity index (χ0) is 20.1. The van der Waals surface area contributed by atoms with Crippen LogP contribution in [0.25, 0.3) is 10.9 Å². The van der Waals surface area contributed by atoms with Gasteiger partial charge in [0, 0.05) is 22.7 Å². The maximum Gasteiger partial charge on any atom is 0.249 e. The third-order valence-corrected chi connectivity index (χ3v) is 4.15. The van der Waals surface area contributed by atoms with Crippen molar-refractivity contribution in [1.29, 1.82) is 0 Å². The van der Waals surface area contributed by atoms with Gasteiger partial charge >= 0.3 is 0 Å². The molecule has 9 heteroatoms. The number of Topliss-reactive ketones (excluding diaryl/α,β-unsaturated/α-hetero) is 1. The van der Waals surface area contributed by atoms with Crippen LogP contribution in [0.2, 0.25) is 0 Å².